The molecule has 0 aliphatic carbocycles. The number of likely N-dealkylation sites (tertiary alicyclic amines) is 1. The maximum absolute atomic E-state index is 11.2. The van der Waals surface area contributed by atoms with Gasteiger partial charge in [-0.05, 0) is 49.1 Å². The van der Waals surface area contributed by atoms with Gasteiger partial charge in [-0.2, -0.15) is 5.10 Å². The Bertz CT molecular complexity index is 1210. The van der Waals surface area contributed by atoms with Gasteiger partial charge in [0.2, 0.25) is 11.8 Å². The molecule has 0 bridgehead atoms. The molecule has 1 fully saturated rings. The van der Waals surface area contributed by atoms with E-state index in [1.54, 1.807) is 19.3 Å². The minimum Gasteiger partial charge on any atom is -0.464 e. The number of nitrogens with zero attached hydrogens (tertiary/aromatic N) is 3. The fourth-order valence-corrected chi connectivity index (χ4v) is 4.32. The summed E-state index contributed by atoms with van der Waals surface area (Å²) in [6.07, 6.45) is 8.24. The van der Waals surface area contributed by atoms with Gasteiger partial charge in [-0.3, -0.25) is 9.89 Å². The normalized spacial score (nSPS) is 15.1. The number of rotatable bonds is 7. The minimum absolute atomic E-state index is 0.0589. The van der Waals surface area contributed by atoms with Gasteiger partial charge in [0, 0.05) is 68.1 Å². The number of benzene rings is 1. The molecule has 4 heterocycles. The Balaban J connectivity index is 1.18. The Labute approximate surface area is 192 Å². The molecule has 33 heavy (non-hydrogen) atoms. The molecule has 170 valence electrons. The highest BCUT2D eigenvalue weighted by Crippen LogP contribution is 2.29. The first kappa shape index (κ1) is 21.2. The maximum Gasteiger partial charge on any atom is 0.219 e. The molecule has 2 N–H and O–H groups in total. The van der Waals surface area contributed by atoms with Gasteiger partial charge in [0.25, 0.3) is 0 Å². The Kier molecular flexibility index (Phi) is 6.08. The monoisotopic (exact) mass is 445 g/mol. The number of hydrogen-bond donors (Lipinski definition) is 2. The van der Waals surface area contributed by atoms with E-state index in [4.69, 9.17) is 9.15 Å². The number of hydrogen-bond acceptors (Lipinski definition) is 6. The zero-order valence-corrected chi connectivity index (χ0v) is 18.6. The first-order chi connectivity index (χ1) is 16.1. The van der Waals surface area contributed by atoms with Gasteiger partial charge < -0.3 is 19.4 Å². The Morgan fingerprint density at radius 1 is 1.24 bits per heavy atom. The molecule has 8 nitrogen and oxygen atoms in total. The number of nitrogens with one attached hydrogen (secondary N) is 2. The van der Waals surface area contributed by atoms with Crippen LogP contribution in [0.4, 0.5) is 0 Å². The van der Waals surface area contributed by atoms with Crippen LogP contribution in [0.2, 0.25) is 0 Å². The van der Waals surface area contributed by atoms with Crippen molar-refractivity contribution in [1.29, 1.82) is 0 Å². The maximum atomic E-state index is 11.2. The van der Waals surface area contributed by atoms with Crippen LogP contribution in [-0.4, -0.2) is 51.7 Å². The van der Waals surface area contributed by atoms with E-state index in [9.17, 15) is 4.79 Å². The third-order valence-corrected chi connectivity index (χ3v) is 6.09. The molecule has 0 spiro atoms. The third-order valence-electron chi connectivity index (χ3n) is 6.09. The molecule has 0 radical (unpaired) electrons. The van der Waals surface area contributed by atoms with E-state index < -0.39 is 0 Å². The molecule has 0 saturated carbocycles. The van der Waals surface area contributed by atoms with Gasteiger partial charge in [-0.25, -0.2) is 4.98 Å². The number of amides is 1. The van der Waals surface area contributed by atoms with Crippen LogP contribution in [0.25, 0.3) is 22.2 Å². The highest BCUT2D eigenvalue weighted by atomic mass is 16.5. The third kappa shape index (κ3) is 5.06. The SMILES string of the molecule is CC(=O)NC1CCN(CCc2coc3cc(Oc4ccc(-c5ccn[nH]5)cn4)ccc23)CC1. The molecule has 8 heteroatoms. The molecule has 1 aromatic carbocycles. The second kappa shape index (κ2) is 9.46. The van der Waals surface area contributed by atoms with Crippen LogP contribution in [0, 0.1) is 0 Å². The van der Waals surface area contributed by atoms with Crippen molar-refractivity contribution in [3.8, 4) is 22.9 Å². The van der Waals surface area contributed by atoms with E-state index in [-0.39, 0.29) is 5.91 Å². The summed E-state index contributed by atoms with van der Waals surface area (Å²) >= 11 is 0. The van der Waals surface area contributed by atoms with Crippen molar-refractivity contribution in [2.45, 2.75) is 32.2 Å². The number of aromatic nitrogens is 3. The molecule has 3 aromatic heterocycles. The van der Waals surface area contributed by atoms with Crippen LogP contribution in [0.5, 0.6) is 11.6 Å². The summed E-state index contributed by atoms with van der Waals surface area (Å²) in [6, 6.07) is 11.9. The van der Waals surface area contributed by atoms with Crippen LogP contribution in [0.15, 0.2) is 59.5 Å². The van der Waals surface area contributed by atoms with Crippen molar-refractivity contribution in [1.82, 2.24) is 25.4 Å². The number of pyridine rings is 1. The number of ether oxygens (including phenoxy) is 1. The number of aromatic amines is 1. The smallest absolute Gasteiger partial charge is 0.219 e. The summed E-state index contributed by atoms with van der Waals surface area (Å²) in [5.74, 6) is 1.26. The molecule has 4 aromatic rings. The Hall–Kier alpha value is -3.65. The highest BCUT2D eigenvalue weighted by Gasteiger charge is 2.20. The summed E-state index contributed by atoms with van der Waals surface area (Å²) in [4.78, 5) is 18.1. The summed E-state index contributed by atoms with van der Waals surface area (Å²) in [5, 5.41) is 11.0. The van der Waals surface area contributed by atoms with Crippen molar-refractivity contribution >= 4 is 16.9 Å². The second-order valence-corrected chi connectivity index (χ2v) is 8.44. The van der Waals surface area contributed by atoms with E-state index in [1.807, 2.05) is 42.7 Å². The second-order valence-electron chi connectivity index (χ2n) is 8.44. The summed E-state index contributed by atoms with van der Waals surface area (Å²) < 4.78 is 11.7. The van der Waals surface area contributed by atoms with Gasteiger partial charge in [-0.1, -0.05) is 0 Å². The van der Waals surface area contributed by atoms with E-state index in [2.05, 4.69) is 25.4 Å². The van der Waals surface area contributed by atoms with E-state index in [0.717, 1.165) is 61.1 Å². The average Bonchev–Trinajstić information content (AvgIpc) is 3.49. The molecule has 0 atom stereocenters. The van der Waals surface area contributed by atoms with Crippen LogP contribution in [0.1, 0.15) is 25.3 Å². The molecule has 1 saturated heterocycles. The summed E-state index contributed by atoms with van der Waals surface area (Å²) in [7, 11) is 0. The number of fused-ring (bicyclic) bond motifs is 1. The van der Waals surface area contributed by atoms with Crippen molar-refractivity contribution in [2.24, 2.45) is 0 Å². The lowest BCUT2D eigenvalue weighted by atomic mass is 10.0. The lowest BCUT2D eigenvalue weighted by Gasteiger charge is -2.32. The quantitative estimate of drug-likeness (QED) is 0.444. The molecule has 1 aliphatic heterocycles. The van der Waals surface area contributed by atoms with E-state index >= 15 is 0 Å². The first-order valence-corrected chi connectivity index (χ1v) is 11.3. The zero-order chi connectivity index (χ0) is 22.6. The van der Waals surface area contributed by atoms with Crippen molar-refractivity contribution in [2.75, 3.05) is 19.6 Å². The summed E-state index contributed by atoms with van der Waals surface area (Å²) in [5.41, 5.74) is 3.87. The first-order valence-electron chi connectivity index (χ1n) is 11.3. The topological polar surface area (TPSA) is 96.3 Å². The largest absolute Gasteiger partial charge is 0.464 e. The number of H-pyrrole nitrogens is 1. The molecule has 5 rings (SSSR count). The van der Waals surface area contributed by atoms with Crippen LogP contribution >= 0.6 is 0 Å². The average molecular weight is 446 g/mol. The van der Waals surface area contributed by atoms with Gasteiger partial charge in [0.15, 0.2) is 0 Å². The zero-order valence-electron chi connectivity index (χ0n) is 18.6. The highest BCUT2D eigenvalue weighted by molar-refractivity contribution is 5.82. The Morgan fingerprint density at radius 2 is 2.12 bits per heavy atom. The fraction of sp³-hybridized carbons (Fsp3) is 0.320. The Morgan fingerprint density at radius 3 is 2.85 bits per heavy atom. The van der Waals surface area contributed by atoms with Crippen molar-refractivity contribution in [3.05, 3.63) is 60.6 Å². The van der Waals surface area contributed by atoms with Gasteiger partial charge in [0.1, 0.15) is 11.3 Å². The number of carbonyl (C=O) groups is 1. The number of piperidine rings is 1. The van der Waals surface area contributed by atoms with Crippen LogP contribution in [0.3, 0.4) is 0 Å². The van der Waals surface area contributed by atoms with Crippen LogP contribution < -0.4 is 10.1 Å². The summed E-state index contributed by atoms with van der Waals surface area (Å²) in [6.45, 7) is 4.57. The van der Waals surface area contributed by atoms with Crippen molar-refractivity contribution < 1.29 is 13.9 Å². The molecular weight excluding hydrogens is 418 g/mol. The van der Waals surface area contributed by atoms with Gasteiger partial charge in [0.05, 0.1) is 12.0 Å². The molecule has 1 aliphatic rings. The lowest BCUT2D eigenvalue weighted by molar-refractivity contribution is -0.119. The standard InChI is InChI=1S/C25H27N5O3/c1-17(31)28-20-8-12-30(13-9-20)11-7-19-16-32-24-14-21(3-4-22(19)24)33-25-5-2-18(15-26-25)23-6-10-27-29-23/h2-6,10,14-16,20H,7-9,11-13H2,1H3,(H,27,29)(H,28,31). The van der Waals surface area contributed by atoms with Crippen molar-refractivity contribution in [3.63, 3.8) is 0 Å². The molecule has 1 amide bonds. The molecular formula is C25H27N5O3. The lowest BCUT2D eigenvalue weighted by Crippen LogP contribution is -2.44. The van der Waals surface area contributed by atoms with Gasteiger partial charge in [-0.15, -0.1) is 0 Å². The molecule has 0 unspecified atom stereocenters. The van der Waals surface area contributed by atoms with Crippen LogP contribution in [-0.2, 0) is 11.2 Å². The van der Waals surface area contributed by atoms with Gasteiger partial charge >= 0.3 is 0 Å². The number of carbonyl (C=O) groups excluding carboxylic acids is 1. The minimum atomic E-state index is 0.0589. The fourth-order valence-electron chi connectivity index (χ4n) is 4.32. The number of furan rings is 1. The predicted octanol–water partition coefficient (Wildman–Crippen LogP) is 4.15. The predicted molar refractivity (Wildman–Crippen MR) is 125 cm³/mol. The van der Waals surface area contributed by atoms with E-state index in [1.165, 1.54) is 5.56 Å². The van der Waals surface area contributed by atoms with E-state index in [0.29, 0.717) is 17.7 Å².